The lowest BCUT2D eigenvalue weighted by Crippen LogP contribution is -2.37. The van der Waals surface area contributed by atoms with E-state index in [9.17, 15) is 23.1 Å². The summed E-state index contributed by atoms with van der Waals surface area (Å²) in [4.78, 5) is 24.4. The van der Waals surface area contributed by atoms with Crippen LogP contribution in [0.1, 0.15) is 31.4 Å². The summed E-state index contributed by atoms with van der Waals surface area (Å²) >= 11 is 0.637. The van der Waals surface area contributed by atoms with Crippen molar-refractivity contribution in [2.24, 2.45) is 11.8 Å². The number of hydrogen-bond acceptors (Lipinski definition) is 5. The highest BCUT2D eigenvalue weighted by Gasteiger charge is 2.32. The van der Waals surface area contributed by atoms with Gasteiger partial charge in [0.15, 0.2) is 4.21 Å². The molecule has 0 saturated heterocycles. The Hall–Kier alpha value is -1.19. The van der Waals surface area contributed by atoms with Crippen LogP contribution in [0.15, 0.2) is 9.00 Å². The Kier molecular flexibility index (Phi) is 4.84. The fraction of sp³-hybridized carbons (Fsp3) is 0.667. The number of nitrogens with one attached hydrogen (secondary N) is 2. The number of carboxylic acids is 1. The molecular formula is C12H18N2O5S2. The van der Waals surface area contributed by atoms with Crippen molar-refractivity contribution in [2.45, 2.75) is 36.8 Å². The Morgan fingerprint density at radius 3 is 2.67 bits per heavy atom. The molecule has 0 radical (unpaired) electrons. The molecule has 118 valence electrons. The normalized spacial score (nSPS) is 23.1. The van der Waals surface area contributed by atoms with E-state index in [4.69, 9.17) is 0 Å². The zero-order chi connectivity index (χ0) is 15.6. The second-order valence-corrected chi connectivity index (χ2v) is 8.21. The van der Waals surface area contributed by atoms with E-state index in [0.717, 1.165) is 12.8 Å². The van der Waals surface area contributed by atoms with Gasteiger partial charge in [0.05, 0.1) is 5.92 Å². The minimum absolute atomic E-state index is 0.0322. The maximum absolute atomic E-state index is 12.2. The van der Waals surface area contributed by atoms with Crippen LogP contribution in [0, 0.1) is 18.8 Å². The van der Waals surface area contributed by atoms with E-state index in [-0.39, 0.29) is 16.7 Å². The first-order valence-electron chi connectivity index (χ1n) is 6.73. The number of rotatable bonds is 5. The van der Waals surface area contributed by atoms with E-state index in [1.165, 1.54) is 6.92 Å². The molecule has 0 aliphatic heterocycles. The number of hydrogen-bond donors (Lipinski definition) is 3. The summed E-state index contributed by atoms with van der Waals surface area (Å²) in [6.07, 6.45) is 3.05. The molecule has 0 aromatic carbocycles. The highest BCUT2D eigenvalue weighted by Crippen LogP contribution is 2.30. The standard InChI is InChI=1S/C12H18N2O5S2/c1-7-11(20-12(17)14-7)21(18,19)13-6-8-4-2-3-5-9(8)10(15)16/h8-9,13H,2-6H2,1H3,(H,14,17)(H,15,16). The summed E-state index contributed by atoms with van der Waals surface area (Å²) in [5.41, 5.74) is 0.302. The van der Waals surface area contributed by atoms with Gasteiger partial charge in [-0.25, -0.2) is 13.1 Å². The van der Waals surface area contributed by atoms with Crippen LogP contribution in [0.3, 0.4) is 0 Å². The van der Waals surface area contributed by atoms with Crippen molar-refractivity contribution >= 4 is 27.3 Å². The monoisotopic (exact) mass is 334 g/mol. The molecule has 0 spiro atoms. The van der Waals surface area contributed by atoms with Crippen LogP contribution in [0.4, 0.5) is 0 Å². The van der Waals surface area contributed by atoms with Crippen LogP contribution < -0.4 is 9.60 Å². The summed E-state index contributed by atoms with van der Waals surface area (Å²) < 4.78 is 26.8. The molecule has 2 unspecified atom stereocenters. The number of thiazole rings is 1. The molecule has 1 aromatic rings. The van der Waals surface area contributed by atoms with Gasteiger partial charge in [-0.2, -0.15) is 0 Å². The molecule has 1 aliphatic carbocycles. The van der Waals surface area contributed by atoms with Crippen LogP contribution in [0.2, 0.25) is 0 Å². The summed E-state index contributed by atoms with van der Waals surface area (Å²) in [5, 5.41) is 9.18. The van der Waals surface area contributed by atoms with E-state index in [1.54, 1.807) is 0 Å². The quantitative estimate of drug-likeness (QED) is 0.740. The van der Waals surface area contributed by atoms with E-state index >= 15 is 0 Å². The summed E-state index contributed by atoms with van der Waals surface area (Å²) in [7, 11) is -3.77. The van der Waals surface area contributed by atoms with Crippen molar-refractivity contribution in [3.63, 3.8) is 0 Å². The lowest BCUT2D eigenvalue weighted by molar-refractivity contribution is -0.144. The zero-order valence-electron chi connectivity index (χ0n) is 11.6. The van der Waals surface area contributed by atoms with Gasteiger partial charge >= 0.3 is 10.8 Å². The summed E-state index contributed by atoms with van der Waals surface area (Å²) in [6, 6.07) is 0. The van der Waals surface area contributed by atoms with Gasteiger partial charge in [-0.05, 0) is 25.7 Å². The Labute approximate surface area is 126 Å². The molecule has 1 aliphatic rings. The minimum atomic E-state index is -3.77. The second-order valence-electron chi connectivity index (χ2n) is 5.27. The third-order valence-electron chi connectivity index (χ3n) is 3.79. The van der Waals surface area contributed by atoms with Crippen LogP contribution in [0.5, 0.6) is 0 Å². The third kappa shape index (κ3) is 3.72. The molecule has 7 nitrogen and oxygen atoms in total. The Morgan fingerprint density at radius 2 is 2.10 bits per heavy atom. The molecular weight excluding hydrogens is 316 g/mol. The zero-order valence-corrected chi connectivity index (χ0v) is 13.2. The minimum Gasteiger partial charge on any atom is -0.481 e. The van der Waals surface area contributed by atoms with Gasteiger partial charge in [-0.3, -0.25) is 9.59 Å². The number of sulfonamides is 1. The Balaban J connectivity index is 2.09. The maximum Gasteiger partial charge on any atom is 0.306 e. The first kappa shape index (κ1) is 16.2. The van der Waals surface area contributed by atoms with Gasteiger partial charge in [0, 0.05) is 12.2 Å². The lowest BCUT2D eigenvalue weighted by atomic mass is 9.79. The fourth-order valence-corrected chi connectivity index (χ4v) is 5.14. The smallest absolute Gasteiger partial charge is 0.306 e. The van der Waals surface area contributed by atoms with Gasteiger partial charge in [-0.1, -0.05) is 24.2 Å². The van der Waals surface area contributed by atoms with Crippen molar-refractivity contribution in [1.82, 2.24) is 9.71 Å². The molecule has 1 fully saturated rings. The average Bonchev–Trinajstić information content (AvgIpc) is 2.76. The Bertz CT molecular complexity index is 676. The van der Waals surface area contributed by atoms with Gasteiger partial charge < -0.3 is 10.1 Å². The van der Waals surface area contributed by atoms with Crippen molar-refractivity contribution in [3.8, 4) is 0 Å². The van der Waals surface area contributed by atoms with Crippen LogP contribution in [-0.4, -0.2) is 31.0 Å². The first-order valence-corrected chi connectivity index (χ1v) is 9.03. The molecule has 1 aromatic heterocycles. The molecule has 0 bridgehead atoms. The van der Waals surface area contributed by atoms with Crippen LogP contribution in [0.25, 0.3) is 0 Å². The Morgan fingerprint density at radius 1 is 1.43 bits per heavy atom. The topological polar surface area (TPSA) is 116 Å². The van der Waals surface area contributed by atoms with Crippen molar-refractivity contribution in [2.75, 3.05) is 6.54 Å². The number of carbonyl (C=O) groups is 1. The third-order valence-corrected chi connectivity index (χ3v) is 6.82. The van der Waals surface area contributed by atoms with Crippen LogP contribution in [-0.2, 0) is 14.8 Å². The van der Waals surface area contributed by atoms with Crippen molar-refractivity contribution in [1.29, 1.82) is 0 Å². The van der Waals surface area contributed by atoms with E-state index < -0.39 is 26.8 Å². The maximum atomic E-state index is 12.2. The molecule has 0 amide bonds. The molecule has 2 rings (SSSR count). The van der Waals surface area contributed by atoms with Crippen LogP contribution >= 0.6 is 11.3 Å². The first-order chi connectivity index (χ1) is 9.81. The number of carboxylic acid groups (broad SMARTS) is 1. The molecule has 1 saturated carbocycles. The number of aromatic nitrogens is 1. The highest BCUT2D eigenvalue weighted by molar-refractivity contribution is 7.91. The molecule has 9 heteroatoms. The van der Waals surface area contributed by atoms with Gasteiger partial charge in [0.1, 0.15) is 0 Å². The van der Waals surface area contributed by atoms with Crippen molar-refractivity contribution < 1.29 is 18.3 Å². The predicted molar refractivity (Wildman–Crippen MR) is 77.9 cm³/mol. The van der Waals surface area contributed by atoms with Gasteiger partial charge in [-0.15, -0.1) is 0 Å². The number of aryl methyl sites for hydroxylation is 1. The molecule has 2 atom stereocenters. The molecule has 1 heterocycles. The van der Waals surface area contributed by atoms with Gasteiger partial charge in [0.2, 0.25) is 0 Å². The average molecular weight is 334 g/mol. The summed E-state index contributed by atoms with van der Waals surface area (Å²) in [6.45, 7) is 1.61. The number of aromatic amines is 1. The summed E-state index contributed by atoms with van der Waals surface area (Å²) in [5.74, 6) is -1.59. The SMILES string of the molecule is Cc1[nH]c(=O)sc1S(=O)(=O)NCC1CCCCC1C(=O)O. The number of aliphatic carboxylic acids is 1. The highest BCUT2D eigenvalue weighted by atomic mass is 32.2. The molecule has 3 N–H and O–H groups in total. The van der Waals surface area contributed by atoms with E-state index in [1.807, 2.05) is 0 Å². The van der Waals surface area contributed by atoms with Crippen molar-refractivity contribution in [3.05, 3.63) is 15.4 Å². The predicted octanol–water partition coefficient (Wildman–Crippen LogP) is 0.914. The second kappa shape index (κ2) is 6.29. The van der Waals surface area contributed by atoms with Gasteiger partial charge in [0.25, 0.3) is 10.0 Å². The number of H-pyrrole nitrogens is 1. The molecule has 21 heavy (non-hydrogen) atoms. The lowest BCUT2D eigenvalue weighted by Gasteiger charge is -2.28. The van der Waals surface area contributed by atoms with E-state index in [2.05, 4.69) is 9.71 Å². The fourth-order valence-electron chi connectivity index (χ4n) is 2.71. The largest absolute Gasteiger partial charge is 0.481 e. The van der Waals surface area contributed by atoms with E-state index in [0.29, 0.717) is 29.9 Å².